The highest BCUT2D eigenvalue weighted by molar-refractivity contribution is 7.99. The van der Waals surface area contributed by atoms with E-state index in [2.05, 4.69) is 17.4 Å². The molecule has 0 atom stereocenters. The van der Waals surface area contributed by atoms with Gasteiger partial charge in [0.1, 0.15) is 5.60 Å². The first-order valence-corrected chi connectivity index (χ1v) is 10.2. The molecule has 1 aromatic rings. The van der Waals surface area contributed by atoms with Crippen molar-refractivity contribution < 1.29 is 14.3 Å². The van der Waals surface area contributed by atoms with Crippen molar-refractivity contribution in [2.75, 3.05) is 25.4 Å². The molecule has 5 nitrogen and oxygen atoms in total. The van der Waals surface area contributed by atoms with Crippen LogP contribution in [0.2, 0.25) is 0 Å². The van der Waals surface area contributed by atoms with E-state index in [4.69, 9.17) is 4.74 Å². The first-order chi connectivity index (χ1) is 12.3. The molecule has 144 valence electrons. The molecule has 1 fully saturated rings. The van der Waals surface area contributed by atoms with Crippen molar-refractivity contribution in [3.05, 3.63) is 30.3 Å². The number of nitrogens with zero attached hydrogens (tertiary/aromatic N) is 1. The average molecular weight is 379 g/mol. The van der Waals surface area contributed by atoms with E-state index >= 15 is 0 Å². The predicted molar refractivity (Wildman–Crippen MR) is 105 cm³/mol. The van der Waals surface area contributed by atoms with E-state index in [1.54, 1.807) is 11.8 Å². The Morgan fingerprint density at radius 1 is 1.19 bits per heavy atom. The second kappa shape index (κ2) is 9.86. The van der Waals surface area contributed by atoms with Crippen LogP contribution < -0.4 is 5.32 Å². The molecule has 0 radical (unpaired) electrons. The van der Waals surface area contributed by atoms with Gasteiger partial charge in [0.2, 0.25) is 5.91 Å². The number of rotatable bonds is 6. The Bertz CT molecular complexity index is 578. The van der Waals surface area contributed by atoms with Gasteiger partial charge in [0.05, 0.1) is 0 Å². The van der Waals surface area contributed by atoms with Gasteiger partial charge in [-0.05, 0) is 51.7 Å². The zero-order valence-corrected chi connectivity index (χ0v) is 16.8. The van der Waals surface area contributed by atoms with E-state index in [0.29, 0.717) is 18.9 Å². The highest BCUT2D eigenvalue weighted by Crippen LogP contribution is 2.20. The quantitative estimate of drug-likeness (QED) is 0.762. The van der Waals surface area contributed by atoms with Gasteiger partial charge < -0.3 is 15.0 Å². The van der Waals surface area contributed by atoms with Gasteiger partial charge >= 0.3 is 6.09 Å². The summed E-state index contributed by atoms with van der Waals surface area (Å²) in [5.41, 5.74) is -0.475. The molecule has 1 saturated heterocycles. The number of amides is 2. The van der Waals surface area contributed by atoms with Gasteiger partial charge in [0, 0.05) is 36.7 Å². The number of piperidine rings is 1. The fraction of sp³-hybridized carbons (Fsp3) is 0.600. The average Bonchev–Trinajstić information content (AvgIpc) is 2.60. The first-order valence-electron chi connectivity index (χ1n) is 9.26. The van der Waals surface area contributed by atoms with Crippen molar-refractivity contribution in [1.82, 2.24) is 10.2 Å². The number of likely N-dealkylation sites (tertiary alicyclic amines) is 1. The maximum Gasteiger partial charge on any atom is 0.407 e. The summed E-state index contributed by atoms with van der Waals surface area (Å²) in [4.78, 5) is 27.2. The van der Waals surface area contributed by atoms with E-state index in [9.17, 15) is 9.59 Å². The number of alkyl carbamates (subject to hydrolysis) is 1. The van der Waals surface area contributed by atoms with Crippen molar-refractivity contribution in [2.45, 2.75) is 50.5 Å². The van der Waals surface area contributed by atoms with E-state index < -0.39 is 5.60 Å². The number of benzene rings is 1. The lowest BCUT2D eigenvalue weighted by Gasteiger charge is -2.32. The molecule has 0 aromatic heterocycles. The zero-order valence-electron chi connectivity index (χ0n) is 16.0. The number of carbonyl (C=O) groups excluding carboxylic acids is 2. The molecule has 2 rings (SSSR count). The molecule has 0 bridgehead atoms. The predicted octanol–water partition coefficient (Wildman–Crippen LogP) is 3.93. The number of carbonyl (C=O) groups is 2. The van der Waals surface area contributed by atoms with E-state index in [1.807, 2.05) is 43.9 Å². The van der Waals surface area contributed by atoms with Crippen molar-refractivity contribution in [3.8, 4) is 0 Å². The minimum Gasteiger partial charge on any atom is -0.444 e. The molecule has 1 N–H and O–H groups in total. The summed E-state index contributed by atoms with van der Waals surface area (Å²) in [5.74, 6) is 1.44. The van der Waals surface area contributed by atoms with Crippen molar-refractivity contribution in [2.24, 2.45) is 5.92 Å². The molecule has 0 spiro atoms. The zero-order chi connectivity index (χ0) is 19.0. The fourth-order valence-corrected chi connectivity index (χ4v) is 3.72. The van der Waals surface area contributed by atoms with Crippen molar-refractivity contribution in [3.63, 3.8) is 0 Å². The summed E-state index contributed by atoms with van der Waals surface area (Å²) in [6.07, 6.45) is 2.05. The number of nitrogens with one attached hydrogen (secondary N) is 1. The van der Waals surface area contributed by atoms with Crippen LogP contribution in [0.3, 0.4) is 0 Å². The van der Waals surface area contributed by atoms with Crippen LogP contribution in [-0.4, -0.2) is 47.9 Å². The summed E-state index contributed by atoms with van der Waals surface area (Å²) in [7, 11) is 0. The molecular weight excluding hydrogens is 348 g/mol. The highest BCUT2D eigenvalue weighted by Gasteiger charge is 2.23. The van der Waals surface area contributed by atoms with Crippen LogP contribution in [0.15, 0.2) is 35.2 Å². The molecule has 0 aliphatic carbocycles. The third kappa shape index (κ3) is 7.68. The van der Waals surface area contributed by atoms with Gasteiger partial charge in [-0.2, -0.15) is 0 Å². The molecule has 0 saturated carbocycles. The monoisotopic (exact) mass is 378 g/mol. The SMILES string of the molecule is CC(C)(C)OC(=O)NCC1CCN(C(=O)CCSc2ccccc2)CC1. The summed E-state index contributed by atoms with van der Waals surface area (Å²) in [6, 6.07) is 10.2. The maximum absolute atomic E-state index is 12.3. The number of ether oxygens (including phenoxy) is 1. The summed E-state index contributed by atoms with van der Waals surface area (Å²) in [5, 5.41) is 2.84. The van der Waals surface area contributed by atoms with Gasteiger partial charge in [0.15, 0.2) is 0 Å². The second-order valence-electron chi connectivity index (χ2n) is 7.62. The lowest BCUT2D eigenvalue weighted by atomic mass is 9.96. The Labute approximate surface area is 160 Å². The minimum absolute atomic E-state index is 0.229. The first kappa shape index (κ1) is 20.6. The number of hydrogen-bond donors (Lipinski definition) is 1. The maximum atomic E-state index is 12.3. The summed E-state index contributed by atoms with van der Waals surface area (Å²) < 4.78 is 5.25. The Balaban J connectivity index is 1.61. The topological polar surface area (TPSA) is 58.6 Å². The van der Waals surface area contributed by atoms with Crippen LogP contribution in [0.25, 0.3) is 0 Å². The molecule has 1 aromatic carbocycles. The molecular formula is C20H30N2O3S. The van der Waals surface area contributed by atoms with Gasteiger partial charge in [-0.3, -0.25) is 4.79 Å². The van der Waals surface area contributed by atoms with Crippen LogP contribution in [-0.2, 0) is 9.53 Å². The minimum atomic E-state index is -0.475. The normalized spacial score (nSPS) is 15.6. The molecule has 1 heterocycles. The van der Waals surface area contributed by atoms with E-state index in [-0.39, 0.29) is 12.0 Å². The molecule has 1 aliphatic heterocycles. The lowest BCUT2D eigenvalue weighted by molar-refractivity contribution is -0.132. The summed E-state index contributed by atoms with van der Waals surface area (Å²) >= 11 is 1.72. The van der Waals surface area contributed by atoms with Crippen LogP contribution in [0, 0.1) is 5.92 Å². The van der Waals surface area contributed by atoms with Crippen LogP contribution in [0.4, 0.5) is 4.79 Å². The third-order valence-corrected chi connectivity index (χ3v) is 5.24. The van der Waals surface area contributed by atoms with Gasteiger partial charge in [0.25, 0.3) is 0 Å². The molecule has 26 heavy (non-hydrogen) atoms. The smallest absolute Gasteiger partial charge is 0.407 e. The molecule has 0 unspecified atom stereocenters. The lowest BCUT2D eigenvalue weighted by Crippen LogP contribution is -2.42. The molecule has 2 amide bonds. The van der Waals surface area contributed by atoms with Crippen LogP contribution in [0.1, 0.15) is 40.0 Å². The van der Waals surface area contributed by atoms with Gasteiger partial charge in [-0.15, -0.1) is 11.8 Å². The van der Waals surface area contributed by atoms with E-state index in [0.717, 1.165) is 31.7 Å². The Morgan fingerprint density at radius 3 is 2.46 bits per heavy atom. The summed E-state index contributed by atoms with van der Waals surface area (Å²) in [6.45, 7) is 7.72. The van der Waals surface area contributed by atoms with Gasteiger partial charge in [-0.1, -0.05) is 18.2 Å². The Kier molecular flexibility index (Phi) is 7.82. The molecule has 6 heteroatoms. The van der Waals surface area contributed by atoms with Gasteiger partial charge in [-0.25, -0.2) is 4.79 Å². The van der Waals surface area contributed by atoms with Crippen molar-refractivity contribution >= 4 is 23.8 Å². The second-order valence-corrected chi connectivity index (χ2v) is 8.79. The largest absolute Gasteiger partial charge is 0.444 e. The number of thioether (sulfide) groups is 1. The van der Waals surface area contributed by atoms with Crippen LogP contribution >= 0.6 is 11.8 Å². The highest BCUT2D eigenvalue weighted by atomic mass is 32.2. The molecule has 1 aliphatic rings. The van der Waals surface area contributed by atoms with E-state index in [1.165, 1.54) is 4.90 Å². The Hall–Kier alpha value is -1.69. The van der Waals surface area contributed by atoms with Crippen molar-refractivity contribution in [1.29, 1.82) is 0 Å². The Morgan fingerprint density at radius 2 is 1.85 bits per heavy atom. The fourth-order valence-electron chi connectivity index (χ4n) is 2.86. The number of hydrogen-bond acceptors (Lipinski definition) is 4. The third-order valence-electron chi connectivity index (χ3n) is 4.23. The standard InChI is InChI=1S/C20H30N2O3S/c1-20(2,3)25-19(24)21-15-16-9-12-22(13-10-16)18(23)11-14-26-17-7-5-4-6-8-17/h4-8,16H,9-15H2,1-3H3,(H,21,24). The van der Waals surface area contributed by atoms with Crippen LogP contribution in [0.5, 0.6) is 0 Å².